The lowest BCUT2D eigenvalue weighted by molar-refractivity contribution is -0.139. The van der Waals surface area contributed by atoms with Crippen molar-refractivity contribution in [2.45, 2.75) is 6.18 Å². The van der Waals surface area contributed by atoms with Gasteiger partial charge in [-0.2, -0.15) is 13.2 Å². The van der Waals surface area contributed by atoms with Crippen LogP contribution in [0.4, 0.5) is 23.7 Å². The molecule has 0 saturated carbocycles. The van der Waals surface area contributed by atoms with E-state index in [9.17, 15) is 18.0 Å². The summed E-state index contributed by atoms with van der Waals surface area (Å²) in [6, 6.07) is 0.683. The van der Waals surface area contributed by atoms with Crippen molar-refractivity contribution in [3.8, 4) is 18.2 Å². The number of aromatic nitrogens is 1. The lowest BCUT2D eigenvalue weighted by Crippen LogP contribution is -2.15. The van der Waals surface area contributed by atoms with Crippen molar-refractivity contribution in [3.63, 3.8) is 0 Å². The number of pyridine rings is 1. The Bertz CT molecular complexity index is 509. The van der Waals surface area contributed by atoms with Crippen LogP contribution < -0.4 is 10.1 Å². The average Bonchev–Trinajstić information content (AvgIpc) is 2.35. The van der Waals surface area contributed by atoms with Crippen molar-refractivity contribution in [1.29, 1.82) is 0 Å². The SMILES string of the molecule is C#CCOC(=O)Nc1cnc(OC)c(C(F)(F)F)c1. The zero-order chi connectivity index (χ0) is 14.5. The van der Waals surface area contributed by atoms with E-state index in [-0.39, 0.29) is 12.3 Å². The molecule has 1 amide bonds. The Balaban J connectivity index is 2.93. The number of nitrogens with zero attached hydrogens (tertiary/aromatic N) is 1. The van der Waals surface area contributed by atoms with Crippen LogP contribution in [0.1, 0.15) is 5.56 Å². The molecule has 5 nitrogen and oxygen atoms in total. The van der Waals surface area contributed by atoms with Crippen LogP contribution in [-0.4, -0.2) is 24.8 Å². The van der Waals surface area contributed by atoms with Gasteiger partial charge in [-0.3, -0.25) is 5.32 Å². The van der Waals surface area contributed by atoms with Crippen molar-refractivity contribution < 1.29 is 27.4 Å². The number of hydrogen-bond donors (Lipinski definition) is 1. The smallest absolute Gasteiger partial charge is 0.421 e. The lowest BCUT2D eigenvalue weighted by Gasteiger charge is -2.12. The van der Waals surface area contributed by atoms with Gasteiger partial charge < -0.3 is 9.47 Å². The van der Waals surface area contributed by atoms with Gasteiger partial charge in [0.1, 0.15) is 5.56 Å². The maximum Gasteiger partial charge on any atom is 0.421 e. The summed E-state index contributed by atoms with van der Waals surface area (Å²) in [7, 11) is 1.06. The van der Waals surface area contributed by atoms with E-state index in [0.717, 1.165) is 13.3 Å². The number of alkyl halides is 3. The highest BCUT2D eigenvalue weighted by atomic mass is 19.4. The Morgan fingerprint density at radius 3 is 2.79 bits per heavy atom. The van der Waals surface area contributed by atoms with Crippen molar-refractivity contribution in [2.75, 3.05) is 19.0 Å². The first kappa shape index (κ1) is 14.6. The fourth-order valence-corrected chi connectivity index (χ4v) is 1.15. The van der Waals surface area contributed by atoms with Crippen LogP contribution in [0.3, 0.4) is 0 Å². The monoisotopic (exact) mass is 274 g/mol. The molecule has 0 spiro atoms. The molecule has 0 aliphatic carbocycles. The normalized spacial score (nSPS) is 10.5. The third kappa shape index (κ3) is 4.06. The van der Waals surface area contributed by atoms with E-state index in [2.05, 4.69) is 19.8 Å². The average molecular weight is 274 g/mol. The van der Waals surface area contributed by atoms with Gasteiger partial charge in [-0.05, 0) is 6.07 Å². The maximum atomic E-state index is 12.7. The van der Waals surface area contributed by atoms with Gasteiger partial charge in [0.15, 0.2) is 6.61 Å². The third-order valence-electron chi connectivity index (χ3n) is 1.88. The summed E-state index contributed by atoms with van der Waals surface area (Å²) in [5, 5.41) is 2.07. The van der Waals surface area contributed by atoms with Crippen LogP contribution in [-0.2, 0) is 10.9 Å². The van der Waals surface area contributed by atoms with Crippen LogP contribution in [0.2, 0.25) is 0 Å². The second-order valence-corrected chi connectivity index (χ2v) is 3.18. The number of amides is 1. The Hall–Kier alpha value is -2.43. The van der Waals surface area contributed by atoms with Crippen molar-refractivity contribution in [1.82, 2.24) is 4.98 Å². The fourth-order valence-electron chi connectivity index (χ4n) is 1.15. The molecule has 0 aliphatic rings. The molecule has 1 rings (SSSR count). The summed E-state index contributed by atoms with van der Waals surface area (Å²) >= 11 is 0. The number of terminal acetylenes is 1. The Labute approximate surface area is 106 Å². The Kier molecular flexibility index (Phi) is 4.58. The van der Waals surface area contributed by atoms with Gasteiger partial charge >= 0.3 is 12.3 Å². The van der Waals surface area contributed by atoms with Gasteiger partial charge in [-0.1, -0.05) is 5.92 Å². The highest BCUT2D eigenvalue weighted by molar-refractivity contribution is 5.84. The molecule has 0 unspecified atom stereocenters. The summed E-state index contributed by atoms with van der Waals surface area (Å²) < 4.78 is 46.9. The molecule has 1 aromatic heterocycles. The molecule has 0 aliphatic heterocycles. The second-order valence-electron chi connectivity index (χ2n) is 3.18. The molecule has 8 heteroatoms. The van der Waals surface area contributed by atoms with Crippen molar-refractivity contribution >= 4 is 11.8 Å². The number of ether oxygens (including phenoxy) is 2. The summed E-state index contributed by atoms with van der Waals surface area (Å²) in [4.78, 5) is 14.6. The van der Waals surface area contributed by atoms with E-state index in [1.165, 1.54) is 0 Å². The Morgan fingerprint density at radius 2 is 2.26 bits per heavy atom. The number of carbonyl (C=O) groups excluding carboxylic acids is 1. The first-order valence-electron chi connectivity index (χ1n) is 4.87. The fraction of sp³-hybridized carbons (Fsp3) is 0.273. The largest absolute Gasteiger partial charge is 0.481 e. The lowest BCUT2D eigenvalue weighted by atomic mass is 10.2. The molecule has 1 aromatic rings. The van der Waals surface area contributed by atoms with E-state index < -0.39 is 23.7 Å². The quantitative estimate of drug-likeness (QED) is 0.859. The van der Waals surface area contributed by atoms with Gasteiger partial charge in [-0.15, -0.1) is 6.42 Å². The molecule has 0 radical (unpaired) electrons. The van der Waals surface area contributed by atoms with Crippen LogP contribution in [0.15, 0.2) is 12.3 Å². The number of rotatable bonds is 3. The first-order valence-corrected chi connectivity index (χ1v) is 4.87. The summed E-state index contributed by atoms with van der Waals surface area (Å²) in [5.74, 6) is 1.45. The molecule has 0 bridgehead atoms. The summed E-state index contributed by atoms with van der Waals surface area (Å²) in [5.41, 5.74) is -1.29. The van der Waals surface area contributed by atoms with Gasteiger partial charge in [0, 0.05) is 0 Å². The minimum absolute atomic E-state index is 0.185. The second kappa shape index (κ2) is 5.95. The molecule has 0 atom stereocenters. The maximum absolute atomic E-state index is 12.7. The molecular formula is C11H9F3N2O3. The van der Waals surface area contributed by atoms with Crippen LogP contribution in [0.5, 0.6) is 5.88 Å². The Morgan fingerprint density at radius 1 is 1.58 bits per heavy atom. The van der Waals surface area contributed by atoms with E-state index in [0.29, 0.717) is 6.07 Å². The highest BCUT2D eigenvalue weighted by Gasteiger charge is 2.35. The van der Waals surface area contributed by atoms with E-state index >= 15 is 0 Å². The number of hydrogen-bond acceptors (Lipinski definition) is 4. The predicted molar refractivity (Wildman–Crippen MR) is 59.6 cm³/mol. The first-order chi connectivity index (χ1) is 8.88. The molecule has 0 aromatic carbocycles. The number of anilines is 1. The molecule has 1 N–H and O–H groups in total. The topological polar surface area (TPSA) is 60.5 Å². The zero-order valence-corrected chi connectivity index (χ0v) is 9.75. The van der Waals surface area contributed by atoms with Gasteiger partial charge in [0.05, 0.1) is 19.0 Å². The zero-order valence-electron chi connectivity index (χ0n) is 9.75. The summed E-state index contributed by atoms with van der Waals surface area (Å²) in [6.45, 7) is -0.290. The number of carbonyl (C=O) groups is 1. The standard InChI is InChI=1S/C11H9F3N2O3/c1-3-4-19-10(17)16-7-5-8(11(12,13)14)9(18-2)15-6-7/h1,5-6H,4H2,2H3,(H,16,17). The van der Waals surface area contributed by atoms with Gasteiger partial charge in [-0.25, -0.2) is 9.78 Å². The van der Waals surface area contributed by atoms with E-state index in [4.69, 9.17) is 6.42 Å². The highest BCUT2D eigenvalue weighted by Crippen LogP contribution is 2.36. The molecule has 1 heterocycles. The summed E-state index contributed by atoms with van der Waals surface area (Å²) in [6.07, 6.45) is 0.234. The number of methoxy groups -OCH3 is 1. The molecule has 0 saturated heterocycles. The van der Waals surface area contributed by atoms with Crippen LogP contribution in [0, 0.1) is 12.3 Å². The van der Waals surface area contributed by atoms with Crippen molar-refractivity contribution in [3.05, 3.63) is 17.8 Å². The van der Waals surface area contributed by atoms with E-state index in [1.807, 2.05) is 5.92 Å². The van der Waals surface area contributed by atoms with Crippen LogP contribution >= 0.6 is 0 Å². The van der Waals surface area contributed by atoms with E-state index in [1.54, 1.807) is 0 Å². The van der Waals surface area contributed by atoms with Crippen LogP contribution in [0.25, 0.3) is 0 Å². The number of halogens is 3. The minimum atomic E-state index is -4.65. The molecular weight excluding hydrogens is 265 g/mol. The van der Waals surface area contributed by atoms with Crippen molar-refractivity contribution in [2.24, 2.45) is 0 Å². The van der Waals surface area contributed by atoms with Gasteiger partial charge in [0.2, 0.25) is 5.88 Å². The molecule has 19 heavy (non-hydrogen) atoms. The predicted octanol–water partition coefficient (Wildman–Crippen LogP) is 2.29. The third-order valence-corrected chi connectivity index (χ3v) is 1.88. The molecule has 102 valence electrons. The molecule has 0 fully saturated rings. The van der Waals surface area contributed by atoms with Gasteiger partial charge in [0.25, 0.3) is 0 Å². The number of nitrogens with one attached hydrogen (secondary N) is 1. The minimum Gasteiger partial charge on any atom is -0.481 e.